The highest BCUT2D eigenvalue weighted by molar-refractivity contribution is 6.33. The maximum Gasteiger partial charge on any atom is 0.339 e. The van der Waals surface area contributed by atoms with Gasteiger partial charge in [-0.05, 0) is 13.0 Å². The molecule has 0 spiro atoms. The molecule has 0 heterocycles. The Hall–Kier alpha value is -1.55. The van der Waals surface area contributed by atoms with E-state index in [1.807, 2.05) is 0 Å². The summed E-state index contributed by atoms with van der Waals surface area (Å²) in [5.74, 6) is -0.230. The Morgan fingerprint density at radius 1 is 1.50 bits per heavy atom. The second-order valence-electron chi connectivity index (χ2n) is 2.91. The zero-order valence-electron chi connectivity index (χ0n) is 8.95. The van der Waals surface area contributed by atoms with E-state index >= 15 is 0 Å². The lowest BCUT2D eigenvalue weighted by Gasteiger charge is -2.08. The van der Waals surface area contributed by atoms with Gasteiger partial charge in [0.2, 0.25) is 0 Å². The molecule has 0 saturated carbocycles. The zero-order chi connectivity index (χ0) is 12.1. The average molecular weight is 243 g/mol. The summed E-state index contributed by atoms with van der Waals surface area (Å²) in [5, 5.41) is 0.195. The summed E-state index contributed by atoms with van der Waals surface area (Å²) in [6, 6.07) is 2.77. The molecule has 0 aliphatic heterocycles. The number of rotatable bonds is 4. The fourth-order valence-electron chi connectivity index (χ4n) is 1.21. The van der Waals surface area contributed by atoms with Crippen LogP contribution in [0.3, 0.4) is 0 Å². The topological polar surface area (TPSA) is 52.6 Å². The van der Waals surface area contributed by atoms with Crippen LogP contribution in [0.2, 0.25) is 5.02 Å². The zero-order valence-corrected chi connectivity index (χ0v) is 9.71. The van der Waals surface area contributed by atoms with Gasteiger partial charge < -0.3 is 9.47 Å². The van der Waals surface area contributed by atoms with Crippen molar-refractivity contribution in [1.82, 2.24) is 0 Å². The van der Waals surface area contributed by atoms with Gasteiger partial charge in [0.15, 0.2) is 6.29 Å². The molecule has 1 aromatic carbocycles. The lowest BCUT2D eigenvalue weighted by atomic mass is 10.1. The first-order chi connectivity index (χ1) is 7.63. The van der Waals surface area contributed by atoms with Crippen molar-refractivity contribution in [3.05, 3.63) is 28.3 Å². The highest BCUT2D eigenvalue weighted by Crippen LogP contribution is 2.26. The third kappa shape index (κ3) is 2.52. The molecule has 0 fully saturated rings. The van der Waals surface area contributed by atoms with Crippen molar-refractivity contribution >= 4 is 23.9 Å². The maximum atomic E-state index is 11.5. The van der Waals surface area contributed by atoms with E-state index in [0.29, 0.717) is 12.0 Å². The molecule has 0 N–H and O–H groups in total. The number of carbonyl (C=O) groups excluding carboxylic acids is 2. The summed E-state index contributed by atoms with van der Waals surface area (Å²) in [5.41, 5.74) is 0.418. The van der Waals surface area contributed by atoms with E-state index in [1.54, 1.807) is 6.92 Å². The number of methoxy groups -OCH3 is 1. The van der Waals surface area contributed by atoms with Crippen molar-refractivity contribution in [3.63, 3.8) is 0 Å². The molecule has 0 unspecified atom stereocenters. The highest BCUT2D eigenvalue weighted by atomic mass is 35.5. The summed E-state index contributed by atoms with van der Waals surface area (Å²) < 4.78 is 9.75. The standard InChI is InChI=1S/C11H11ClO4/c1-3-16-11(14)8-4-7(6-13)10(15-2)5-9(8)12/h4-6H,3H2,1-2H3. The number of hydrogen-bond donors (Lipinski definition) is 0. The predicted octanol–water partition coefficient (Wildman–Crippen LogP) is 2.34. The van der Waals surface area contributed by atoms with Crippen molar-refractivity contribution in [3.8, 4) is 5.75 Å². The maximum absolute atomic E-state index is 11.5. The first-order valence-corrected chi connectivity index (χ1v) is 5.01. The molecular weight excluding hydrogens is 232 g/mol. The number of aldehydes is 1. The van der Waals surface area contributed by atoms with Crippen molar-refractivity contribution in [1.29, 1.82) is 0 Å². The van der Waals surface area contributed by atoms with Gasteiger partial charge in [-0.1, -0.05) is 11.6 Å². The Bertz CT molecular complexity index is 415. The molecule has 5 heteroatoms. The Balaban J connectivity index is 3.20. The Labute approximate surface area is 98.1 Å². The van der Waals surface area contributed by atoms with Gasteiger partial charge in [0.05, 0.1) is 29.9 Å². The summed E-state index contributed by atoms with van der Waals surface area (Å²) in [7, 11) is 1.42. The molecule has 1 rings (SSSR count). The third-order valence-corrected chi connectivity index (χ3v) is 2.25. The Morgan fingerprint density at radius 3 is 2.69 bits per heavy atom. The number of hydrogen-bond acceptors (Lipinski definition) is 4. The lowest BCUT2D eigenvalue weighted by Crippen LogP contribution is -2.06. The van der Waals surface area contributed by atoms with E-state index in [2.05, 4.69) is 0 Å². The minimum absolute atomic E-state index is 0.159. The van der Waals surface area contributed by atoms with Gasteiger partial charge in [0.25, 0.3) is 0 Å². The fraction of sp³-hybridized carbons (Fsp3) is 0.273. The van der Waals surface area contributed by atoms with Crippen LogP contribution in [0.1, 0.15) is 27.6 Å². The molecule has 0 aliphatic carbocycles. The van der Waals surface area contributed by atoms with Crippen molar-refractivity contribution in [2.45, 2.75) is 6.92 Å². The van der Waals surface area contributed by atoms with Crippen LogP contribution in [-0.2, 0) is 4.74 Å². The van der Waals surface area contributed by atoms with Crippen LogP contribution in [0.15, 0.2) is 12.1 Å². The van der Waals surface area contributed by atoms with Gasteiger partial charge in [0.1, 0.15) is 5.75 Å². The highest BCUT2D eigenvalue weighted by Gasteiger charge is 2.15. The fourth-order valence-corrected chi connectivity index (χ4v) is 1.44. The third-order valence-electron chi connectivity index (χ3n) is 1.94. The summed E-state index contributed by atoms with van der Waals surface area (Å²) in [4.78, 5) is 22.2. The molecule has 0 radical (unpaired) electrons. The molecule has 0 atom stereocenters. The average Bonchev–Trinajstić information content (AvgIpc) is 2.28. The first-order valence-electron chi connectivity index (χ1n) is 4.63. The largest absolute Gasteiger partial charge is 0.496 e. The summed E-state index contributed by atoms with van der Waals surface area (Å²) in [6.07, 6.45) is 0.595. The van der Waals surface area contributed by atoms with E-state index in [0.717, 1.165) is 0 Å². The molecule has 1 aromatic rings. The van der Waals surface area contributed by atoms with Gasteiger partial charge in [-0.3, -0.25) is 4.79 Å². The van der Waals surface area contributed by atoms with Crippen molar-refractivity contribution in [2.75, 3.05) is 13.7 Å². The van der Waals surface area contributed by atoms with Gasteiger partial charge in [0, 0.05) is 6.07 Å². The second kappa shape index (κ2) is 5.51. The lowest BCUT2D eigenvalue weighted by molar-refractivity contribution is 0.0526. The number of ether oxygens (including phenoxy) is 2. The number of benzene rings is 1. The van der Waals surface area contributed by atoms with Gasteiger partial charge in [-0.2, -0.15) is 0 Å². The van der Waals surface area contributed by atoms with E-state index in [-0.39, 0.29) is 22.8 Å². The van der Waals surface area contributed by atoms with Crippen LogP contribution in [0.4, 0.5) is 0 Å². The molecule has 4 nitrogen and oxygen atoms in total. The number of esters is 1. The van der Waals surface area contributed by atoms with E-state index in [4.69, 9.17) is 21.1 Å². The monoisotopic (exact) mass is 242 g/mol. The van der Waals surface area contributed by atoms with Crippen LogP contribution in [0.5, 0.6) is 5.75 Å². The SMILES string of the molecule is CCOC(=O)c1cc(C=O)c(OC)cc1Cl. The molecule has 0 aliphatic rings. The molecule has 0 bridgehead atoms. The van der Waals surface area contributed by atoms with Crippen LogP contribution in [-0.4, -0.2) is 26.0 Å². The van der Waals surface area contributed by atoms with Crippen LogP contribution in [0, 0.1) is 0 Å². The number of carbonyl (C=O) groups is 2. The van der Waals surface area contributed by atoms with Crippen molar-refractivity contribution < 1.29 is 19.1 Å². The second-order valence-corrected chi connectivity index (χ2v) is 3.32. The van der Waals surface area contributed by atoms with Crippen molar-refractivity contribution in [2.24, 2.45) is 0 Å². The van der Waals surface area contributed by atoms with Crippen LogP contribution >= 0.6 is 11.6 Å². The van der Waals surface area contributed by atoms with Gasteiger partial charge >= 0.3 is 5.97 Å². The predicted molar refractivity (Wildman–Crippen MR) is 59.3 cm³/mol. The molecule has 16 heavy (non-hydrogen) atoms. The van der Waals surface area contributed by atoms with Gasteiger partial charge in [-0.15, -0.1) is 0 Å². The minimum Gasteiger partial charge on any atom is -0.496 e. The van der Waals surface area contributed by atoms with Gasteiger partial charge in [-0.25, -0.2) is 4.79 Å². The Morgan fingerprint density at radius 2 is 2.19 bits per heavy atom. The van der Waals surface area contributed by atoms with E-state index in [1.165, 1.54) is 19.2 Å². The minimum atomic E-state index is -0.557. The normalized spacial score (nSPS) is 9.69. The van der Waals surface area contributed by atoms with Crippen LogP contribution < -0.4 is 4.74 Å². The van der Waals surface area contributed by atoms with E-state index in [9.17, 15) is 9.59 Å². The summed E-state index contributed by atoms with van der Waals surface area (Å²) >= 11 is 5.87. The first kappa shape index (κ1) is 12.5. The number of halogens is 1. The molecule has 0 aromatic heterocycles. The molecule has 86 valence electrons. The molecular formula is C11H11ClO4. The quantitative estimate of drug-likeness (QED) is 0.601. The summed E-state index contributed by atoms with van der Waals surface area (Å²) in [6.45, 7) is 1.94. The molecule has 0 saturated heterocycles. The van der Waals surface area contributed by atoms with Crippen LogP contribution in [0.25, 0.3) is 0 Å². The smallest absolute Gasteiger partial charge is 0.339 e. The Kier molecular flexibility index (Phi) is 4.31. The van der Waals surface area contributed by atoms with E-state index < -0.39 is 5.97 Å². The molecule has 0 amide bonds.